The second kappa shape index (κ2) is 10.9. The fraction of sp³-hybridized carbons (Fsp3) is 0.320. The molecule has 11 nitrogen and oxygen atoms in total. The molecule has 0 fully saturated rings. The van der Waals surface area contributed by atoms with E-state index < -0.39 is 16.3 Å². The van der Waals surface area contributed by atoms with Gasteiger partial charge in [-0.3, -0.25) is 4.79 Å². The van der Waals surface area contributed by atoms with Gasteiger partial charge in [0.2, 0.25) is 5.82 Å². The summed E-state index contributed by atoms with van der Waals surface area (Å²) in [5.74, 6) is 0.393. The summed E-state index contributed by atoms with van der Waals surface area (Å²) in [6, 6.07) is 11.3. The number of quaternary nitrogens is 1. The van der Waals surface area contributed by atoms with Crippen molar-refractivity contribution in [3.05, 3.63) is 66.6 Å². The van der Waals surface area contributed by atoms with Gasteiger partial charge in [0, 0.05) is 34.3 Å². The molecule has 12 heteroatoms. The van der Waals surface area contributed by atoms with E-state index in [1.807, 2.05) is 32.0 Å². The predicted molar refractivity (Wildman–Crippen MR) is 138 cm³/mol. The monoisotopic (exact) mass is 509 g/mol. The van der Waals surface area contributed by atoms with Crippen LogP contribution < -0.4 is 25.7 Å². The third kappa shape index (κ3) is 6.42. The highest BCUT2D eigenvalue weighted by Gasteiger charge is 2.38. The van der Waals surface area contributed by atoms with E-state index in [0.29, 0.717) is 41.7 Å². The van der Waals surface area contributed by atoms with Crippen LogP contribution in [0.25, 0.3) is 10.9 Å². The summed E-state index contributed by atoms with van der Waals surface area (Å²) in [5, 5.41) is 24.8. The number of nitrogens with two attached hydrogens (primary N) is 1. The zero-order chi connectivity index (χ0) is 26.5. The molecule has 2 heterocycles. The fourth-order valence-corrected chi connectivity index (χ4v) is 3.78. The molecule has 0 bridgehead atoms. The Bertz CT molecular complexity index is 1350. The van der Waals surface area contributed by atoms with E-state index in [0.717, 1.165) is 11.8 Å². The first-order valence-corrected chi connectivity index (χ1v) is 11.8. The molecule has 4 rings (SSSR count). The fourth-order valence-electron chi connectivity index (χ4n) is 3.78. The van der Waals surface area contributed by atoms with Crippen LogP contribution in [0, 0.1) is 5.82 Å². The first-order chi connectivity index (χ1) is 17.7. The van der Waals surface area contributed by atoms with Crippen molar-refractivity contribution in [1.82, 2.24) is 19.9 Å². The number of rotatable bonds is 12. The summed E-state index contributed by atoms with van der Waals surface area (Å²) in [4.78, 5) is 20.4. The quantitative estimate of drug-likeness (QED) is 0.217. The van der Waals surface area contributed by atoms with E-state index in [9.17, 15) is 14.3 Å². The van der Waals surface area contributed by atoms with Gasteiger partial charge in [-0.1, -0.05) is 11.2 Å². The van der Waals surface area contributed by atoms with Gasteiger partial charge in [-0.15, -0.1) is 4.59 Å². The van der Waals surface area contributed by atoms with Crippen molar-refractivity contribution in [2.45, 2.75) is 25.8 Å². The minimum absolute atomic E-state index is 0.0584. The molecule has 1 atom stereocenters. The number of carbonyl (C=O) groups excluding carboxylic acids is 1. The van der Waals surface area contributed by atoms with Crippen molar-refractivity contribution in [2.75, 3.05) is 31.6 Å². The topological polar surface area (TPSA) is 147 Å². The molecule has 0 saturated carbocycles. The van der Waals surface area contributed by atoms with E-state index in [1.54, 1.807) is 12.3 Å². The van der Waals surface area contributed by atoms with Crippen LogP contribution in [0.15, 0.2) is 71.2 Å². The molecule has 1 amide bonds. The van der Waals surface area contributed by atoms with Gasteiger partial charge in [0.25, 0.3) is 5.91 Å². The van der Waals surface area contributed by atoms with Crippen molar-refractivity contribution in [2.24, 2.45) is 16.1 Å². The van der Waals surface area contributed by atoms with Gasteiger partial charge in [0.15, 0.2) is 18.4 Å². The van der Waals surface area contributed by atoms with Crippen LogP contribution in [0.3, 0.4) is 0 Å². The van der Waals surface area contributed by atoms with Crippen LogP contribution in [0.4, 0.5) is 15.9 Å². The van der Waals surface area contributed by atoms with Crippen molar-refractivity contribution in [1.29, 1.82) is 0 Å². The average Bonchev–Trinajstić information content (AvgIpc) is 3.26. The summed E-state index contributed by atoms with van der Waals surface area (Å²) in [5.41, 5.74) is 6.19. The van der Waals surface area contributed by atoms with E-state index in [1.165, 1.54) is 24.5 Å². The number of benzene rings is 2. The summed E-state index contributed by atoms with van der Waals surface area (Å²) < 4.78 is 19.3. The Morgan fingerprint density at radius 2 is 2.05 bits per heavy atom. The van der Waals surface area contributed by atoms with Crippen LogP contribution in [0.1, 0.15) is 20.3 Å². The number of primary amides is 1. The van der Waals surface area contributed by atoms with Gasteiger partial charge in [0.05, 0.1) is 18.7 Å². The lowest BCUT2D eigenvalue weighted by atomic mass is 10.1. The third-order valence-corrected chi connectivity index (χ3v) is 5.74. The first-order valence-electron chi connectivity index (χ1n) is 11.8. The number of nitrogens with zero attached hydrogens (tertiary/aromatic N) is 5. The molecule has 1 aliphatic heterocycles. The van der Waals surface area contributed by atoms with Crippen LogP contribution in [0.2, 0.25) is 0 Å². The van der Waals surface area contributed by atoms with Crippen LogP contribution >= 0.6 is 0 Å². The highest BCUT2D eigenvalue weighted by molar-refractivity contribution is 5.90. The van der Waals surface area contributed by atoms with Crippen molar-refractivity contribution < 1.29 is 19.0 Å². The second-order valence-electron chi connectivity index (χ2n) is 9.33. The summed E-state index contributed by atoms with van der Waals surface area (Å²) in [7, 11) is 0. The number of nitrogens with one attached hydrogen (secondary N) is 2. The Morgan fingerprint density at radius 1 is 1.22 bits per heavy atom. The van der Waals surface area contributed by atoms with Gasteiger partial charge in [-0.05, 0) is 45.0 Å². The molecule has 5 N–H and O–H groups in total. The number of carbonyl (C=O) groups is 1. The number of anilines is 1. The number of aromatic nitrogens is 2. The van der Waals surface area contributed by atoms with E-state index in [4.69, 9.17) is 10.5 Å². The average molecular weight is 510 g/mol. The molecule has 0 radical (unpaired) electrons. The number of ether oxygens (including phenoxy) is 1. The highest BCUT2D eigenvalue weighted by Crippen LogP contribution is 2.32. The largest absolute Gasteiger partial charge is 0.493 e. The van der Waals surface area contributed by atoms with Crippen LogP contribution in [0.5, 0.6) is 5.75 Å². The van der Waals surface area contributed by atoms with E-state index >= 15 is 0 Å². The smallest absolute Gasteiger partial charge is 0.276 e. The first kappa shape index (κ1) is 26.1. The molecule has 0 spiro atoms. The maximum absolute atomic E-state index is 13.9. The zero-order valence-electron chi connectivity index (χ0n) is 20.7. The molecular formula is C25H30FN8O3+. The summed E-state index contributed by atoms with van der Waals surface area (Å²) in [6.07, 6.45) is 3.77. The Kier molecular flexibility index (Phi) is 7.71. The molecule has 1 unspecified atom stereocenters. The summed E-state index contributed by atoms with van der Waals surface area (Å²) in [6.45, 7) is 4.92. The number of hydrogen-bond acceptors (Lipinski definition) is 9. The van der Waals surface area contributed by atoms with Gasteiger partial charge < -0.3 is 26.2 Å². The third-order valence-electron chi connectivity index (χ3n) is 5.74. The van der Waals surface area contributed by atoms with Gasteiger partial charge in [0.1, 0.15) is 23.7 Å². The van der Waals surface area contributed by atoms with Gasteiger partial charge in [-0.25, -0.2) is 14.4 Å². The number of aliphatic hydroxyl groups excluding tert-OH is 1. The van der Waals surface area contributed by atoms with Crippen molar-refractivity contribution in [3.8, 4) is 5.75 Å². The Balaban J connectivity index is 1.48. The Hall–Kier alpha value is -4.00. The molecule has 2 aromatic carbocycles. The number of aliphatic hydroxyl groups is 1. The number of halogens is 1. The van der Waals surface area contributed by atoms with Crippen molar-refractivity contribution in [3.63, 3.8) is 0 Å². The normalized spacial score (nSPS) is 17.1. The van der Waals surface area contributed by atoms with Gasteiger partial charge >= 0.3 is 0 Å². The SMILES string of the molecule is CC(C)(CO)NCCCOc1ccc2c(NC3=C[N+](CC(N)=O)(c4cccc(F)c4)N=N3)ncnc2c1. The number of amides is 1. The molecule has 1 aromatic heterocycles. The maximum Gasteiger partial charge on any atom is 0.276 e. The number of fused-ring (bicyclic) bond motifs is 1. The lowest BCUT2D eigenvalue weighted by molar-refractivity contribution is -0.118. The highest BCUT2D eigenvalue weighted by atomic mass is 19.1. The van der Waals surface area contributed by atoms with Crippen LogP contribution in [-0.4, -0.2) is 52.8 Å². The minimum Gasteiger partial charge on any atom is -0.493 e. The summed E-state index contributed by atoms with van der Waals surface area (Å²) >= 11 is 0. The minimum atomic E-state index is -0.617. The van der Waals surface area contributed by atoms with E-state index in [2.05, 4.69) is 30.9 Å². The standard InChI is InChI=1S/C25H29FN8O3/c1-25(2,15-35)30-9-4-10-37-19-7-8-20-21(12-19)28-16-29-24(20)31-23-14-34(33-32-23,13-22(27)36)18-6-3-5-17(26)11-18/h3,5-8,11-12,14,16,30,35H,4,9-10,13,15H2,1-2H3,(H2-,27,28,29,31,36)/p+1. The maximum atomic E-state index is 13.9. The van der Waals surface area contributed by atoms with Crippen molar-refractivity contribution >= 4 is 28.3 Å². The lowest BCUT2D eigenvalue weighted by Gasteiger charge is -2.23. The molecule has 0 saturated heterocycles. The molecule has 37 heavy (non-hydrogen) atoms. The predicted octanol–water partition coefficient (Wildman–Crippen LogP) is 2.98. The Morgan fingerprint density at radius 3 is 2.81 bits per heavy atom. The second-order valence-corrected chi connectivity index (χ2v) is 9.33. The van der Waals surface area contributed by atoms with Gasteiger partial charge in [-0.2, -0.15) is 0 Å². The molecule has 3 aromatic rings. The molecular weight excluding hydrogens is 479 g/mol. The van der Waals surface area contributed by atoms with Crippen LogP contribution in [-0.2, 0) is 4.79 Å². The molecule has 0 aliphatic carbocycles. The Labute approximate surface area is 213 Å². The van der Waals surface area contributed by atoms with E-state index in [-0.39, 0.29) is 18.7 Å². The molecule has 1 aliphatic rings. The number of hydrogen-bond donors (Lipinski definition) is 4. The lowest BCUT2D eigenvalue weighted by Crippen LogP contribution is -2.44. The molecule has 194 valence electrons. The zero-order valence-corrected chi connectivity index (χ0v) is 20.7.